The van der Waals surface area contributed by atoms with Crippen molar-refractivity contribution in [3.8, 4) is 0 Å². The van der Waals surface area contributed by atoms with E-state index in [0.717, 1.165) is 48.3 Å². The van der Waals surface area contributed by atoms with Gasteiger partial charge in [-0.3, -0.25) is 9.78 Å². The summed E-state index contributed by atoms with van der Waals surface area (Å²) in [5.74, 6) is 0.937. The third-order valence-electron chi connectivity index (χ3n) is 4.46. The van der Waals surface area contributed by atoms with Gasteiger partial charge in [0, 0.05) is 18.2 Å². The highest BCUT2D eigenvalue weighted by Crippen LogP contribution is 2.26. The summed E-state index contributed by atoms with van der Waals surface area (Å²) >= 11 is 0. The number of hydrogen-bond donors (Lipinski definition) is 1. The van der Waals surface area contributed by atoms with Crippen molar-refractivity contribution in [3.63, 3.8) is 0 Å². The van der Waals surface area contributed by atoms with E-state index < -0.39 is 0 Å². The average Bonchev–Trinajstić information content (AvgIpc) is 2.97. The highest BCUT2D eigenvalue weighted by Gasteiger charge is 2.27. The zero-order valence-electron chi connectivity index (χ0n) is 13.9. The van der Waals surface area contributed by atoms with Crippen molar-refractivity contribution in [2.45, 2.75) is 52.5 Å². The lowest BCUT2D eigenvalue weighted by Crippen LogP contribution is -2.33. The minimum Gasteiger partial charge on any atom is -0.360 e. The maximum atomic E-state index is 12.7. The number of carbonyl (C=O) groups is 1. The maximum absolute atomic E-state index is 12.7. The topological polar surface area (TPSA) is 68.0 Å². The van der Waals surface area contributed by atoms with E-state index in [9.17, 15) is 4.79 Å². The predicted molar refractivity (Wildman–Crippen MR) is 87.2 cm³/mol. The van der Waals surface area contributed by atoms with Gasteiger partial charge in [0.25, 0.3) is 5.91 Å². The van der Waals surface area contributed by atoms with Gasteiger partial charge in [-0.15, -0.1) is 0 Å². The Morgan fingerprint density at radius 1 is 1.30 bits per heavy atom. The van der Waals surface area contributed by atoms with Gasteiger partial charge in [-0.1, -0.05) is 25.1 Å². The molecule has 0 unspecified atom stereocenters. The molecule has 2 aromatic rings. The number of aromatic nitrogens is 2. The molecule has 2 heterocycles. The van der Waals surface area contributed by atoms with E-state index in [1.165, 1.54) is 0 Å². The van der Waals surface area contributed by atoms with E-state index in [1.54, 1.807) is 6.20 Å². The van der Waals surface area contributed by atoms with Crippen LogP contribution in [0.25, 0.3) is 0 Å². The molecule has 0 fully saturated rings. The van der Waals surface area contributed by atoms with Crippen LogP contribution in [0.2, 0.25) is 0 Å². The van der Waals surface area contributed by atoms with E-state index >= 15 is 0 Å². The number of nitrogens with one attached hydrogen (secondary N) is 1. The molecule has 0 spiro atoms. The Labute approximate surface area is 136 Å². The maximum Gasteiger partial charge on any atom is 0.274 e. The van der Waals surface area contributed by atoms with Crippen molar-refractivity contribution < 1.29 is 9.32 Å². The summed E-state index contributed by atoms with van der Waals surface area (Å²) in [6.07, 6.45) is 5.70. The number of rotatable bonds is 4. The minimum atomic E-state index is -0.166. The van der Waals surface area contributed by atoms with Gasteiger partial charge < -0.3 is 9.84 Å². The summed E-state index contributed by atoms with van der Waals surface area (Å²) in [6, 6.07) is 3.79. The second-order valence-electron chi connectivity index (χ2n) is 6.54. The summed E-state index contributed by atoms with van der Waals surface area (Å²) in [6.45, 7) is 6.18. The molecule has 122 valence electrons. The van der Waals surface area contributed by atoms with Crippen LogP contribution in [0.5, 0.6) is 0 Å². The number of aryl methyl sites for hydroxylation is 2. The van der Waals surface area contributed by atoms with E-state index in [4.69, 9.17) is 4.52 Å². The van der Waals surface area contributed by atoms with Crippen molar-refractivity contribution >= 4 is 5.91 Å². The first kappa shape index (κ1) is 15.7. The largest absolute Gasteiger partial charge is 0.360 e. The Morgan fingerprint density at radius 2 is 2.09 bits per heavy atom. The second kappa shape index (κ2) is 6.52. The lowest BCUT2D eigenvalue weighted by molar-refractivity contribution is 0.0914. The van der Waals surface area contributed by atoms with Gasteiger partial charge >= 0.3 is 0 Å². The number of fused-ring (bicyclic) bond motifs is 1. The van der Waals surface area contributed by atoms with Crippen LogP contribution < -0.4 is 5.32 Å². The Morgan fingerprint density at radius 3 is 2.83 bits per heavy atom. The van der Waals surface area contributed by atoms with Crippen LogP contribution in [0.15, 0.2) is 22.9 Å². The van der Waals surface area contributed by atoms with Gasteiger partial charge in [-0.25, -0.2) is 0 Å². The molecule has 1 aliphatic rings. The Hall–Kier alpha value is -2.17. The lowest BCUT2D eigenvalue weighted by atomic mass is 9.95. The monoisotopic (exact) mass is 313 g/mol. The highest BCUT2D eigenvalue weighted by molar-refractivity contribution is 5.94. The molecular weight excluding hydrogens is 290 g/mol. The van der Waals surface area contributed by atoms with Crippen LogP contribution >= 0.6 is 0 Å². The minimum absolute atomic E-state index is 0.139. The second-order valence-corrected chi connectivity index (χ2v) is 6.54. The molecule has 1 N–H and O–H groups in total. The van der Waals surface area contributed by atoms with E-state index in [0.29, 0.717) is 5.69 Å². The van der Waals surface area contributed by atoms with Crippen LogP contribution in [0.1, 0.15) is 65.8 Å². The van der Waals surface area contributed by atoms with Gasteiger partial charge in [0.05, 0.1) is 11.7 Å². The highest BCUT2D eigenvalue weighted by atomic mass is 16.5. The zero-order valence-corrected chi connectivity index (χ0v) is 13.9. The Bertz CT molecular complexity index is 706. The molecule has 0 saturated heterocycles. The predicted octanol–water partition coefficient (Wildman–Crippen LogP) is 3.38. The standard InChI is InChI=1S/C18H23N3O2/c1-11(2)15(16-12(3)7-6-10-19-16)20-18(22)17-13-8-4-5-9-14(13)23-21-17/h6-7,10-11,15H,4-5,8-9H2,1-3H3,(H,20,22)/t15-/m0/s1. The van der Waals surface area contributed by atoms with Gasteiger partial charge in [0.1, 0.15) is 5.76 Å². The first-order chi connectivity index (χ1) is 11.1. The van der Waals surface area contributed by atoms with Crippen molar-refractivity contribution in [2.24, 2.45) is 5.92 Å². The van der Waals surface area contributed by atoms with Crippen molar-refractivity contribution in [3.05, 3.63) is 46.6 Å². The fourth-order valence-electron chi connectivity index (χ4n) is 3.15. The van der Waals surface area contributed by atoms with E-state index in [-0.39, 0.29) is 17.9 Å². The lowest BCUT2D eigenvalue weighted by Gasteiger charge is -2.23. The molecule has 0 bridgehead atoms. The molecule has 1 atom stereocenters. The van der Waals surface area contributed by atoms with Crippen molar-refractivity contribution in [1.29, 1.82) is 0 Å². The molecule has 2 aromatic heterocycles. The van der Waals surface area contributed by atoms with Crippen LogP contribution in [0.4, 0.5) is 0 Å². The van der Waals surface area contributed by atoms with E-state index in [1.807, 2.05) is 19.1 Å². The van der Waals surface area contributed by atoms with Crippen LogP contribution in [0, 0.1) is 12.8 Å². The first-order valence-electron chi connectivity index (χ1n) is 8.27. The van der Waals surface area contributed by atoms with Crippen LogP contribution in [-0.2, 0) is 12.8 Å². The molecular formula is C18H23N3O2. The molecule has 23 heavy (non-hydrogen) atoms. The summed E-state index contributed by atoms with van der Waals surface area (Å²) in [5, 5.41) is 7.12. The molecule has 1 amide bonds. The quantitative estimate of drug-likeness (QED) is 0.939. The van der Waals surface area contributed by atoms with Gasteiger partial charge in [-0.2, -0.15) is 0 Å². The summed E-state index contributed by atoms with van der Waals surface area (Å²) < 4.78 is 5.35. The number of pyridine rings is 1. The van der Waals surface area contributed by atoms with Gasteiger partial charge in [0.15, 0.2) is 5.69 Å². The smallest absolute Gasteiger partial charge is 0.274 e. The summed E-state index contributed by atoms with van der Waals surface area (Å²) in [4.78, 5) is 17.2. The molecule has 1 aliphatic carbocycles. The van der Waals surface area contributed by atoms with Crippen LogP contribution in [-0.4, -0.2) is 16.0 Å². The van der Waals surface area contributed by atoms with Crippen LogP contribution in [0.3, 0.4) is 0 Å². The SMILES string of the molecule is Cc1cccnc1[C@@H](NC(=O)c1noc2c1CCCC2)C(C)C. The third-order valence-corrected chi connectivity index (χ3v) is 4.46. The third kappa shape index (κ3) is 3.14. The Kier molecular flexibility index (Phi) is 4.46. The van der Waals surface area contributed by atoms with Gasteiger partial charge in [-0.05, 0) is 43.7 Å². The number of amides is 1. The van der Waals surface area contributed by atoms with E-state index in [2.05, 4.69) is 29.3 Å². The summed E-state index contributed by atoms with van der Waals surface area (Å²) in [7, 11) is 0. The fraction of sp³-hybridized carbons (Fsp3) is 0.500. The Balaban J connectivity index is 1.85. The number of carbonyl (C=O) groups excluding carboxylic acids is 1. The number of hydrogen-bond acceptors (Lipinski definition) is 4. The molecule has 5 heteroatoms. The molecule has 5 nitrogen and oxygen atoms in total. The first-order valence-corrected chi connectivity index (χ1v) is 8.27. The average molecular weight is 313 g/mol. The zero-order chi connectivity index (χ0) is 16.4. The molecule has 0 radical (unpaired) electrons. The molecule has 3 rings (SSSR count). The normalized spacial score (nSPS) is 15.3. The van der Waals surface area contributed by atoms with Crippen molar-refractivity contribution in [1.82, 2.24) is 15.5 Å². The number of nitrogens with zero attached hydrogens (tertiary/aromatic N) is 2. The van der Waals surface area contributed by atoms with Gasteiger partial charge in [0.2, 0.25) is 0 Å². The molecule has 0 saturated carbocycles. The molecule has 0 aromatic carbocycles. The molecule has 0 aliphatic heterocycles. The fourth-order valence-corrected chi connectivity index (χ4v) is 3.15. The van der Waals surface area contributed by atoms with Crippen molar-refractivity contribution in [2.75, 3.05) is 0 Å². The summed E-state index contributed by atoms with van der Waals surface area (Å²) in [5.41, 5.74) is 3.41.